The average Bonchev–Trinajstić information content (AvgIpc) is 2.82. The van der Waals surface area contributed by atoms with Gasteiger partial charge in [0.2, 0.25) is 0 Å². The van der Waals surface area contributed by atoms with E-state index in [0.29, 0.717) is 0 Å². The number of alkyl halides is 2. The summed E-state index contributed by atoms with van der Waals surface area (Å²) in [5.41, 5.74) is -1.71. The quantitative estimate of drug-likeness (QED) is 0.437. The molecule has 0 aromatic heterocycles. The molecule has 2 aliphatic rings. The molecule has 0 bridgehead atoms. The van der Waals surface area contributed by atoms with Gasteiger partial charge in [-0.05, 0) is 13.0 Å². The van der Waals surface area contributed by atoms with Gasteiger partial charge in [0.15, 0.2) is 18.1 Å². The van der Waals surface area contributed by atoms with Crippen molar-refractivity contribution in [3.63, 3.8) is 0 Å². The standard InChI is InChI=1S/C19H27F2NO8/c1-8-14(19(22-6)15(8)17(20)18(21,30-19)9(2)23)16(29-12(5)26)13(28-11(4)25)7-27-10(3)24/h8,13-17,22H,7H2,1-6H3. The summed E-state index contributed by atoms with van der Waals surface area (Å²) in [6.07, 6.45) is -4.79. The van der Waals surface area contributed by atoms with Crippen molar-refractivity contribution in [2.24, 2.45) is 17.8 Å². The second-order valence-electron chi connectivity index (χ2n) is 7.68. The molecule has 1 saturated carbocycles. The van der Waals surface area contributed by atoms with E-state index in [2.05, 4.69) is 5.32 Å². The summed E-state index contributed by atoms with van der Waals surface area (Å²) in [6, 6.07) is 0. The first kappa shape index (κ1) is 24.1. The third-order valence-corrected chi connectivity index (χ3v) is 5.77. The van der Waals surface area contributed by atoms with Crippen molar-refractivity contribution < 1.29 is 46.9 Å². The lowest BCUT2D eigenvalue weighted by atomic mass is 9.55. The third kappa shape index (κ3) is 3.92. The molecule has 0 aromatic carbocycles. The molecule has 1 aliphatic carbocycles. The van der Waals surface area contributed by atoms with Crippen LogP contribution in [0.1, 0.15) is 34.6 Å². The zero-order valence-corrected chi connectivity index (χ0v) is 17.7. The van der Waals surface area contributed by atoms with Crippen LogP contribution in [0.5, 0.6) is 0 Å². The van der Waals surface area contributed by atoms with Crippen LogP contribution in [0.3, 0.4) is 0 Å². The molecule has 1 saturated heterocycles. The highest BCUT2D eigenvalue weighted by atomic mass is 19.2. The zero-order valence-electron chi connectivity index (χ0n) is 17.7. The van der Waals surface area contributed by atoms with Gasteiger partial charge in [-0.2, -0.15) is 4.39 Å². The highest BCUT2D eigenvalue weighted by Crippen LogP contribution is 2.63. The Kier molecular flexibility index (Phi) is 6.87. The number of hydrogen-bond acceptors (Lipinski definition) is 9. The number of nitrogens with one attached hydrogen (secondary N) is 1. The predicted octanol–water partition coefficient (Wildman–Crippen LogP) is 0.834. The number of Topliss-reactive ketones (excluding diaryl/α,β-unsaturated/α-hetero) is 1. The highest BCUT2D eigenvalue weighted by Gasteiger charge is 2.78. The van der Waals surface area contributed by atoms with Gasteiger partial charge in [0.25, 0.3) is 0 Å². The molecule has 0 aromatic rings. The number of carbonyl (C=O) groups excluding carboxylic acids is 4. The average molecular weight is 435 g/mol. The van der Waals surface area contributed by atoms with E-state index < -0.39 is 78.0 Å². The van der Waals surface area contributed by atoms with Gasteiger partial charge in [-0.1, -0.05) is 6.92 Å². The number of rotatable bonds is 8. The molecule has 0 spiro atoms. The molecule has 30 heavy (non-hydrogen) atoms. The fourth-order valence-electron chi connectivity index (χ4n) is 4.64. The molecule has 0 radical (unpaired) electrons. The van der Waals surface area contributed by atoms with Crippen LogP contribution in [-0.2, 0) is 38.1 Å². The van der Waals surface area contributed by atoms with Crippen LogP contribution in [0.2, 0.25) is 0 Å². The minimum absolute atomic E-state index is 0.451. The number of fused-ring (bicyclic) bond motifs is 1. The van der Waals surface area contributed by atoms with Crippen molar-refractivity contribution in [3.05, 3.63) is 0 Å². The monoisotopic (exact) mass is 435 g/mol. The van der Waals surface area contributed by atoms with Crippen LogP contribution in [-0.4, -0.2) is 67.3 Å². The normalized spacial score (nSPS) is 36.7. The van der Waals surface area contributed by atoms with Crippen LogP contribution in [0.25, 0.3) is 0 Å². The first-order chi connectivity index (χ1) is 13.8. The number of esters is 3. The third-order valence-electron chi connectivity index (χ3n) is 5.77. The second kappa shape index (κ2) is 8.54. The minimum Gasteiger partial charge on any atom is -0.462 e. The number of carbonyl (C=O) groups is 4. The lowest BCUT2D eigenvalue weighted by Crippen LogP contribution is -2.73. The van der Waals surface area contributed by atoms with Crippen molar-refractivity contribution in [2.45, 2.75) is 64.6 Å². The van der Waals surface area contributed by atoms with E-state index in [9.17, 15) is 23.6 Å². The molecule has 11 heteroatoms. The Balaban J connectivity index is 2.47. The van der Waals surface area contributed by atoms with Crippen molar-refractivity contribution in [2.75, 3.05) is 13.7 Å². The Morgan fingerprint density at radius 1 is 1.07 bits per heavy atom. The Morgan fingerprint density at radius 2 is 1.63 bits per heavy atom. The molecule has 8 atom stereocenters. The summed E-state index contributed by atoms with van der Waals surface area (Å²) in [6.45, 7) is 5.37. The minimum atomic E-state index is -3.18. The molecule has 2 fully saturated rings. The summed E-state index contributed by atoms with van der Waals surface area (Å²) in [4.78, 5) is 46.4. The van der Waals surface area contributed by atoms with Gasteiger partial charge >= 0.3 is 23.8 Å². The van der Waals surface area contributed by atoms with Crippen LogP contribution in [0, 0.1) is 17.8 Å². The molecule has 1 heterocycles. The SMILES string of the molecule is CNC12OC(F)(C(C)=O)C(F)C1C(C)C2C(OC(C)=O)C(COC(C)=O)OC(C)=O. The van der Waals surface area contributed by atoms with Crippen LogP contribution < -0.4 is 5.32 Å². The summed E-state index contributed by atoms with van der Waals surface area (Å²) in [5, 5.41) is 2.73. The largest absolute Gasteiger partial charge is 0.462 e. The van der Waals surface area contributed by atoms with Gasteiger partial charge in [-0.25, -0.2) is 4.39 Å². The lowest BCUT2D eigenvalue weighted by Gasteiger charge is -2.58. The maximum Gasteiger partial charge on any atom is 0.303 e. The fraction of sp³-hybridized carbons (Fsp3) is 0.789. The summed E-state index contributed by atoms with van der Waals surface area (Å²) < 4.78 is 50.9. The summed E-state index contributed by atoms with van der Waals surface area (Å²) >= 11 is 0. The van der Waals surface area contributed by atoms with E-state index in [-0.39, 0.29) is 0 Å². The molecule has 8 unspecified atom stereocenters. The number of ketones is 1. The Hall–Kier alpha value is -2.14. The van der Waals surface area contributed by atoms with E-state index in [1.54, 1.807) is 6.92 Å². The van der Waals surface area contributed by atoms with Gasteiger partial charge in [0.1, 0.15) is 18.4 Å². The molecular weight excluding hydrogens is 408 g/mol. The van der Waals surface area contributed by atoms with E-state index >= 15 is 4.39 Å². The predicted molar refractivity (Wildman–Crippen MR) is 96.2 cm³/mol. The van der Waals surface area contributed by atoms with Crippen LogP contribution in [0.4, 0.5) is 8.78 Å². The van der Waals surface area contributed by atoms with E-state index in [1.165, 1.54) is 7.05 Å². The maximum atomic E-state index is 15.1. The van der Waals surface area contributed by atoms with Crippen molar-refractivity contribution in [3.8, 4) is 0 Å². The van der Waals surface area contributed by atoms with Gasteiger partial charge in [0.05, 0.1) is 0 Å². The van der Waals surface area contributed by atoms with Crippen molar-refractivity contribution >= 4 is 23.7 Å². The smallest absolute Gasteiger partial charge is 0.303 e. The fourth-order valence-corrected chi connectivity index (χ4v) is 4.64. The van der Waals surface area contributed by atoms with E-state index in [0.717, 1.165) is 27.7 Å². The summed E-state index contributed by atoms with van der Waals surface area (Å²) in [7, 11) is 1.39. The van der Waals surface area contributed by atoms with E-state index in [4.69, 9.17) is 18.9 Å². The molecule has 1 aliphatic heterocycles. The molecule has 170 valence electrons. The molecule has 9 nitrogen and oxygen atoms in total. The van der Waals surface area contributed by atoms with Gasteiger partial charge in [-0.15, -0.1) is 0 Å². The Labute approximate surface area is 172 Å². The molecule has 1 N–H and O–H groups in total. The van der Waals surface area contributed by atoms with Gasteiger partial charge in [-0.3, -0.25) is 24.5 Å². The van der Waals surface area contributed by atoms with Gasteiger partial charge < -0.3 is 18.9 Å². The van der Waals surface area contributed by atoms with Crippen LogP contribution >= 0.6 is 0 Å². The van der Waals surface area contributed by atoms with Crippen molar-refractivity contribution in [1.29, 1.82) is 0 Å². The lowest BCUT2D eigenvalue weighted by molar-refractivity contribution is -0.278. The maximum absolute atomic E-state index is 15.1. The number of ether oxygens (including phenoxy) is 4. The van der Waals surface area contributed by atoms with Gasteiger partial charge in [0, 0.05) is 39.5 Å². The van der Waals surface area contributed by atoms with Crippen molar-refractivity contribution in [1.82, 2.24) is 5.32 Å². The summed E-state index contributed by atoms with van der Waals surface area (Å²) in [5.74, 6) is -9.13. The Morgan fingerprint density at radius 3 is 2.07 bits per heavy atom. The molecule has 0 amide bonds. The second-order valence-corrected chi connectivity index (χ2v) is 7.68. The Bertz CT molecular complexity index is 733. The first-order valence-corrected chi connectivity index (χ1v) is 9.52. The zero-order chi connectivity index (χ0) is 23.0. The first-order valence-electron chi connectivity index (χ1n) is 9.52. The number of halogens is 2. The highest BCUT2D eigenvalue weighted by molar-refractivity contribution is 5.84. The molecule has 2 rings (SSSR count). The number of hydrogen-bond donors (Lipinski definition) is 1. The van der Waals surface area contributed by atoms with Crippen LogP contribution in [0.15, 0.2) is 0 Å². The van der Waals surface area contributed by atoms with E-state index in [1.807, 2.05) is 0 Å². The molecular formula is C19H27F2NO8. The topological polar surface area (TPSA) is 117 Å².